The number of nitrogens with zero attached hydrogens (tertiary/aromatic N) is 2. The van der Waals surface area contributed by atoms with Gasteiger partial charge in [-0.1, -0.05) is 0 Å². The van der Waals surface area contributed by atoms with Crippen molar-refractivity contribution < 1.29 is 23.4 Å². The van der Waals surface area contributed by atoms with Gasteiger partial charge in [0, 0.05) is 17.0 Å². The standard InChI is InChI=1S/C16H13F2N3O3/c1-23-12-5-8-11(6-13(12)24-2)20-16(19)21-14(8)7-3-9(17)15(22)10(18)4-7/h3-6,22H,1-2H3,(H2,19,20,21). The molecular formula is C16H13F2N3O3. The summed E-state index contributed by atoms with van der Waals surface area (Å²) in [5.74, 6) is -2.49. The molecule has 0 saturated heterocycles. The highest BCUT2D eigenvalue weighted by atomic mass is 19.1. The number of anilines is 1. The largest absolute Gasteiger partial charge is 0.503 e. The number of rotatable bonds is 3. The van der Waals surface area contributed by atoms with Crippen LogP contribution < -0.4 is 15.2 Å². The molecule has 2 aromatic carbocycles. The molecule has 3 N–H and O–H groups in total. The minimum Gasteiger partial charge on any atom is -0.503 e. The topological polar surface area (TPSA) is 90.5 Å². The summed E-state index contributed by atoms with van der Waals surface area (Å²) in [6.07, 6.45) is 0. The van der Waals surface area contributed by atoms with E-state index < -0.39 is 17.4 Å². The summed E-state index contributed by atoms with van der Waals surface area (Å²) < 4.78 is 37.8. The van der Waals surface area contributed by atoms with Crippen molar-refractivity contribution >= 4 is 16.9 Å². The number of phenols is 1. The molecule has 0 fully saturated rings. The average molecular weight is 333 g/mol. The normalized spacial score (nSPS) is 10.8. The molecule has 0 aliphatic carbocycles. The lowest BCUT2D eigenvalue weighted by Crippen LogP contribution is -2.00. The molecule has 0 radical (unpaired) electrons. The van der Waals surface area contributed by atoms with Gasteiger partial charge in [-0.2, -0.15) is 0 Å². The average Bonchev–Trinajstić information content (AvgIpc) is 2.57. The maximum atomic E-state index is 13.7. The van der Waals surface area contributed by atoms with Gasteiger partial charge >= 0.3 is 0 Å². The third kappa shape index (κ3) is 2.51. The van der Waals surface area contributed by atoms with Gasteiger partial charge in [0.25, 0.3) is 0 Å². The smallest absolute Gasteiger partial charge is 0.221 e. The number of methoxy groups -OCH3 is 2. The summed E-state index contributed by atoms with van der Waals surface area (Å²) in [7, 11) is 2.93. The van der Waals surface area contributed by atoms with Gasteiger partial charge in [0.1, 0.15) is 0 Å². The zero-order valence-corrected chi connectivity index (χ0v) is 12.8. The van der Waals surface area contributed by atoms with Gasteiger partial charge in [-0.25, -0.2) is 18.7 Å². The first kappa shape index (κ1) is 15.7. The van der Waals surface area contributed by atoms with Crippen LogP contribution in [0.4, 0.5) is 14.7 Å². The predicted octanol–water partition coefficient (Wildman–Crippen LogP) is 2.88. The number of aromatic hydroxyl groups is 1. The van der Waals surface area contributed by atoms with Crippen LogP contribution in [0.1, 0.15) is 0 Å². The van der Waals surface area contributed by atoms with E-state index in [2.05, 4.69) is 9.97 Å². The summed E-state index contributed by atoms with van der Waals surface area (Å²) in [5.41, 5.74) is 6.43. The van der Waals surface area contributed by atoms with E-state index in [1.54, 1.807) is 12.1 Å². The van der Waals surface area contributed by atoms with Crippen LogP contribution in [0.2, 0.25) is 0 Å². The van der Waals surface area contributed by atoms with E-state index in [4.69, 9.17) is 15.2 Å². The Labute approximate surface area is 135 Å². The maximum Gasteiger partial charge on any atom is 0.221 e. The summed E-state index contributed by atoms with van der Waals surface area (Å²) in [6, 6.07) is 5.11. The fourth-order valence-corrected chi connectivity index (χ4v) is 2.40. The number of aromatic nitrogens is 2. The van der Waals surface area contributed by atoms with E-state index in [0.717, 1.165) is 12.1 Å². The van der Waals surface area contributed by atoms with E-state index in [0.29, 0.717) is 22.4 Å². The van der Waals surface area contributed by atoms with Gasteiger partial charge in [0.2, 0.25) is 5.95 Å². The second-order valence-electron chi connectivity index (χ2n) is 4.94. The highest BCUT2D eigenvalue weighted by molar-refractivity contribution is 5.95. The molecule has 0 unspecified atom stereocenters. The first-order chi connectivity index (χ1) is 11.4. The lowest BCUT2D eigenvalue weighted by molar-refractivity contribution is 0.356. The fourth-order valence-electron chi connectivity index (χ4n) is 2.40. The van der Waals surface area contributed by atoms with Crippen molar-refractivity contribution in [2.45, 2.75) is 0 Å². The Morgan fingerprint density at radius 3 is 2.12 bits per heavy atom. The van der Waals surface area contributed by atoms with Crippen LogP contribution >= 0.6 is 0 Å². The highest BCUT2D eigenvalue weighted by Gasteiger charge is 2.17. The molecule has 24 heavy (non-hydrogen) atoms. The minimum atomic E-state index is -1.10. The van der Waals surface area contributed by atoms with Crippen molar-refractivity contribution in [3.8, 4) is 28.5 Å². The van der Waals surface area contributed by atoms with Crippen molar-refractivity contribution in [3.05, 3.63) is 35.9 Å². The van der Waals surface area contributed by atoms with Crippen molar-refractivity contribution in [3.63, 3.8) is 0 Å². The SMILES string of the molecule is COc1cc2nc(N)nc(-c3cc(F)c(O)c(F)c3)c2cc1OC. The first-order valence-electron chi connectivity index (χ1n) is 6.82. The van der Waals surface area contributed by atoms with Crippen molar-refractivity contribution in [2.75, 3.05) is 20.0 Å². The number of ether oxygens (including phenoxy) is 2. The Hall–Kier alpha value is -3.16. The number of phenolic OH excluding ortho intramolecular Hbond substituents is 1. The Balaban J connectivity index is 2.35. The second-order valence-corrected chi connectivity index (χ2v) is 4.94. The van der Waals surface area contributed by atoms with Gasteiger partial charge in [0.05, 0.1) is 25.4 Å². The summed E-state index contributed by atoms with van der Waals surface area (Å²) >= 11 is 0. The van der Waals surface area contributed by atoms with E-state index in [-0.39, 0.29) is 17.2 Å². The quantitative estimate of drug-likeness (QED) is 0.766. The Kier molecular flexibility index (Phi) is 3.80. The highest BCUT2D eigenvalue weighted by Crippen LogP contribution is 2.37. The molecule has 0 saturated carbocycles. The van der Waals surface area contributed by atoms with Crippen LogP contribution in [0.5, 0.6) is 17.2 Å². The number of hydrogen-bond donors (Lipinski definition) is 2. The van der Waals surface area contributed by atoms with Crippen LogP contribution in [0.15, 0.2) is 24.3 Å². The molecule has 0 atom stereocenters. The van der Waals surface area contributed by atoms with E-state index >= 15 is 0 Å². The monoisotopic (exact) mass is 333 g/mol. The molecule has 3 rings (SSSR count). The molecule has 0 bridgehead atoms. The predicted molar refractivity (Wildman–Crippen MR) is 84.1 cm³/mol. The summed E-state index contributed by atoms with van der Waals surface area (Å²) in [6.45, 7) is 0. The van der Waals surface area contributed by atoms with E-state index in [1.165, 1.54) is 14.2 Å². The summed E-state index contributed by atoms with van der Waals surface area (Å²) in [5, 5.41) is 9.72. The maximum absolute atomic E-state index is 13.7. The number of benzene rings is 2. The number of hydrogen-bond acceptors (Lipinski definition) is 6. The minimum absolute atomic E-state index is 0.0707. The zero-order chi connectivity index (χ0) is 17.4. The molecular weight excluding hydrogens is 320 g/mol. The van der Waals surface area contributed by atoms with Crippen molar-refractivity contribution in [1.82, 2.24) is 9.97 Å². The van der Waals surface area contributed by atoms with Gasteiger partial charge in [-0.15, -0.1) is 0 Å². The molecule has 6 nitrogen and oxygen atoms in total. The number of nitrogen functional groups attached to an aromatic ring is 1. The van der Waals surface area contributed by atoms with Crippen LogP contribution in [0, 0.1) is 11.6 Å². The molecule has 1 heterocycles. The molecule has 1 aromatic heterocycles. The molecule has 3 aromatic rings. The number of halogens is 2. The van der Waals surface area contributed by atoms with Gasteiger partial charge in [-0.3, -0.25) is 0 Å². The first-order valence-corrected chi connectivity index (χ1v) is 6.82. The third-order valence-electron chi connectivity index (χ3n) is 3.51. The zero-order valence-electron chi connectivity index (χ0n) is 12.8. The lowest BCUT2D eigenvalue weighted by atomic mass is 10.0. The molecule has 0 aliphatic rings. The van der Waals surface area contributed by atoms with Gasteiger partial charge in [-0.05, 0) is 18.2 Å². The van der Waals surface area contributed by atoms with E-state index in [9.17, 15) is 13.9 Å². The second kappa shape index (κ2) is 5.80. The van der Waals surface area contributed by atoms with Gasteiger partial charge < -0.3 is 20.3 Å². The van der Waals surface area contributed by atoms with Crippen LogP contribution in [0.3, 0.4) is 0 Å². The number of fused-ring (bicyclic) bond motifs is 1. The molecule has 124 valence electrons. The Bertz CT molecular complexity index is 924. The number of nitrogens with two attached hydrogens (primary N) is 1. The molecule has 0 spiro atoms. The molecule has 0 aliphatic heterocycles. The van der Waals surface area contributed by atoms with Crippen molar-refractivity contribution in [2.24, 2.45) is 0 Å². The van der Waals surface area contributed by atoms with Crippen LogP contribution in [0.25, 0.3) is 22.2 Å². The summed E-state index contributed by atoms with van der Waals surface area (Å²) in [4.78, 5) is 8.17. The fraction of sp³-hybridized carbons (Fsp3) is 0.125. The van der Waals surface area contributed by atoms with Crippen molar-refractivity contribution in [1.29, 1.82) is 0 Å². The Morgan fingerprint density at radius 1 is 0.958 bits per heavy atom. The molecule has 8 heteroatoms. The van der Waals surface area contributed by atoms with Crippen LogP contribution in [-0.4, -0.2) is 29.3 Å². The molecule has 0 amide bonds. The van der Waals surface area contributed by atoms with E-state index in [1.807, 2.05) is 0 Å². The Morgan fingerprint density at radius 2 is 1.54 bits per heavy atom. The lowest BCUT2D eigenvalue weighted by Gasteiger charge is -2.12. The van der Waals surface area contributed by atoms with Crippen LogP contribution in [-0.2, 0) is 0 Å². The van der Waals surface area contributed by atoms with Gasteiger partial charge in [0.15, 0.2) is 28.9 Å². The third-order valence-corrected chi connectivity index (χ3v) is 3.51.